The number of nitrogens with zero attached hydrogens (tertiary/aromatic N) is 1. The summed E-state index contributed by atoms with van der Waals surface area (Å²) in [7, 11) is 5.15. The molecule has 0 saturated carbocycles. The molecule has 116 valence electrons. The van der Waals surface area contributed by atoms with Crippen LogP contribution in [-0.2, 0) is 4.79 Å². The summed E-state index contributed by atoms with van der Waals surface area (Å²) in [5.74, 6) is 0.0290. The van der Waals surface area contributed by atoms with E-state index in [-0.39, 0.29) is 24.5 Å². The summed E-state index contributed by atoms with van der Waals surface area (Å²) < 4.78 is 5.45. The zero-order chi connectivity index (χ0) is 15.8. The van der Waals surface area contributed by atoms with Crippen LogP contribution in [0.2, 0.25) is 0 Å². The van der Waals surface area contributed by atoms with Crippen molar-refractivity contribution in [3.05, 3.63) is 29.8 Å². The number of carbonyl (C=O) groups is 2. The van der Waals surface area contributed by atoms with Gasteiger partial charge in [-0.05, 0) is 26.1 Å². The van der Waals surface area contributed by atoms with Crippen LogP contribution >= 0.6 is 0 Å². The maximum Gasteiger partial charge on any atom is 0.259 e. The molecule has 6 heteroatoms. The van der Waals surface area contributed by atoms with Crippen molar-refractivity contribution in [1.29, 1.82) is 0 Å². The molecule has 0 fully saturated rings. The molecular formula is C15H23N3O3. The molecule has 1 atom stereocenters. The second-order valence-electron chi connectivity index (χ2n) is 4.97. The largest absolute Gasteiger partial charge is 0.483 e. The van der Waals surface area contributed by atoms with Crippen LogP contribution in [0.25, 0.3) is 0 Å². The standard InChI is InChI=1S/C15H23N3O3/c1-11(16-2)9-17-15(20)12-7-5-6-8-13(12)21-10-14(19)18(3)4/h5-8,11,16H,9-10H2,1-4H3,(H,17,20). The van der Waals surface area contributed by atoms with Gasteiger partial charge < -0.3 is 20.3 Å². The lowest BCUT2D eigenvalue weighted by Crippen LogP contribution is -2.37. The Kier molecular flexibility index (Phi) is 6.68. The molecule has 0 aliphatic carbocycles. The number of likely N-dealkylation sites (N-methyl/N-ethyl adjacent to an activating group) is 2. The fraction of sp³-hybridized carbons (Fsp3) is 0.467. The number of nitrogens with one attached hydrogen (secondary N) is 2. The maximum absolute atomic E-state index is 12.2. The van der Waals surface area contributed by atoms with E-state index in [2.05, 4.69) is 10.6 Å². The third-order valence-electron chi connectivity index (χ3n) is 3.04. The Morgan fingerprint density at radius 2 is 1.95 bits per heavy atom. The summed E-state index contributed by atoms with van der Waals surface area (Å²) in [4.78, 5) is 25.1. The van der Waals surface area contributed by atoms with Crippen molar-refractivity contribution in [2.45, 2.75) is 13.0 Å². The first-order valence-corrected chi connectivity index (χ1v) is 6.83. The molecule has 0 aliphatic heterocycles. The average molecular weight is 293 g/mol. The van der Waals surface area contributed by atoms with Gasteiger partial charge in [-0.3, -0.25) is 9.59 Å². The van der Waals surface area contributed by atoms with E-state index >= 15 is 0 Å². The van der Waals surface area contributed by atoms with E-state index in [1.54, 1.807) is 38.4 Å². The minimum absolute atomic E-state index is 0.0930. The highest BCUT2D eigenvalue weighted by Gasteiger charge is 2.14. The fourth-order valence-corrected chi connectivity index (χ4v) is 1.49. The first kappa shape index (κ1) is 17.0. The number of ether oxygens (including phenoxy) is 1. The predicted octanol–water partition coefficient (Wildman–Crippen LogP) is 0.491. The number of hydrogen-bond acceptors (Lipinski definition) is 4. The summed E-state index contributed by atoms with van der Waals surface area (Å²) in [6.07, 6.45) is 0. The van der Waals surface area contributed by atoms with Crippen LogP contribution in [0, 0.1) is 0 Å². The Morgan fingerprint density at radius 1 is 1.29 bits per heavy atom. The Balaban J connectivity index is 2.70. The Hall–Kier alpha value is -2.08. The van der Waals surface area contributed by atoms with Gasteiger partial charge in [-0.2, -0.15) is 0 Å². The molecule has 1 unspecified atom stereocenters. The minimum atomic E-state index is -0.218. The van der Waals surface area contributed by atoms with Gasteiger partial charge in [0.2, 0.25) is 0 Å². The smallest absolute Gasteiger partial charge is 0.259 e. The molecule has 0 saturated heterocycles. The Labute approximate surface area is 125 Å². The van der Waals surface area contributed by atoms with E-state index in [1.165, 1.54) is 4.90 Å². The van der Waals surface area contributed by atoms with Crippen LogP contribution < -0.4 is 15.4 Å². The summed E-state index contributed by atoms with van der Waals surface area (Å²) in [6, 6.07) is 7.06. The molecular weight excluding hydrogens is 270 g/mol. The monoisotopic (exact) mass is 293 g/mol. The van der Waals surface area contributed by atoms with Gasteiger partial charge in [-0.1, -0.05) is 12.1 Å². The van der Waals surface area contributed by atoms with E-state index in [0.29, 0.717) is 17.9 Å². The topological polar surface area (TPSA) is 70.7 Å². The van der Waals surface area contributed by atoms with Gasteiger partial charge in [-0.15, -0.1) is 0 Å². The van der Waals surface area contributed by atoms with E-state index in [4.69, 9.17) is 4.74 Å². The summed E-state index contributed by atoms with van der Waals surface area (Å²) in [5, 5.41) is 5.87. The molecule has 1 aromatic rings. The normalized spacial score (nSPS) is 11.6. The van der Waals surface area contributed by atoms with Gasteiger partial charge in [0.25, 0.3) is 11.8 Å². The SMILES string of the molecule is CNC(C)CNC(=O)c1ccccc1OCC(=O)N(C)C. The Morgan fingerprint density at radius 3 is 2.57 bits per heavy atom. The molecule has 0 bridgehead atoms. The van der Waals surface area contributed by atoms with Gasteiger partial charge in [0.05, 0.1) is 5.56 Å². The third kappa shape index (κ3) is 5.43. The quantitative estimate of drug-likeness (QED) is 0.767. The lowest BCUT2D eigenvalue weighted by molar-refractivity contribution is -0.130. The van der Waals surface area contributed by atoms with Crippen molar-refractivity contribution < 1.29 is 14.3 Å². The molecule has 0 aromatic heterocycles. The highest BCUT2D eigenvalue weighted by Crippen LogP contribution is 2.17. The highest BCUT2D eigenvalue weighted by molar-refractivity contribution is 5.97. The first-order chi connectivity index (χ1) is 9.95. The van der Waals surface area contributed by atoms with Crippen LogP contribution in [0.4, 0.5) is 0 Å². The molecule has 2 amide bonds. The van der Waals surface area contributed by atoms with E-state index in [9.17, 15) is 9.59 Å². The number of para-hydroxylation sites is 1. The summed E-state index contributed by atoms with van der Waals surface area (Å²) in [5.41, 5.74) is 0.423. The van der Waals surface area contributed by atoms with Crippen LogP contribution in [0.15, 0.2) is 24.3 Å². The molecule has 0 aliphatic rings. The van der Waals surface area contributed by atoms with Gasteiger partial charge in [0, 0.05) is 26.7 Å². The molecule has 0 heterocycles. The summed E-state index contributed by atoms with van der Waals surface area (Å²) in [6.45, 7) is 2.39. The van der Waals surface area contributed by atoms with Crippen LogP contribution in [0.3, 0.4) is 0 Å². The number of carbonyl (C=O) groups excluding carboxylic acids is 2. The first-order valence-electron chi connectivity index (χ1n) is 6.83. The second kappa shape index (κ2) is 8.26. The molecule has 1 aromatic carbocycles. The third-order valence-corrected chi connectivity index (χ3v) is 3.04. The number of amides is 2. The van der Waals surface area contributed by atoms with Crippen LogP contribution in [-0.4, -0.2) is 57.1 Å². The highest BCUT2D eigenvalue weighted by atomic mass is 16.5. The number of benzene rings is 1. The van der Waals surface area contributed by atoms with E-state index in [1.807, 2.05) is 14.0 Å². The molecule has 0 spiro atoms. The number of rotatable bonds is 7. The van der Waals surface area contributed by atoms with Crippen molar-refractivity contribution in [2.24, 2.45) is 0 Å². The molecule has 0 radical (unpaired) electrons. The fourth-order valence-electron chi connectivity index (χ4n) is 1.49. The van der Waals surface area contributed by atoms with Crippen molar-refractivity contribution in [1.82, 2.24) is 15.5 Å². The zero-order valence-electron chi connectivity index (χ0n) is 13.0. The lowest BCUT2D eigenvalue weighted by Gasteiger charge is -2.15. The van der Waals surface area contributed by atoms with Gasteiger partial charge >= 0.3 is 0 Å². The Bertz CT molecular complexity index is 489. The van der Waals surface area contributed by atoms with Gasteiger partial charge in [0.15, 0.2) is 6.61 Å². The van der Waals surface area contributed by atoms with E-state index in [0.717, 1.165) is 0 Å². The maximum atomic E-state index is 12.2. The van der Waals surface area contributed by atoms with Crippen LogP contribution in [0.5, 0.6) is 5.75 Å². The second-order valence-corrected chi connectivity index (χ2v) is 4.97. The van der Waals surface area contributed by atoms with E-state index < -0.39 is 0 Å². The van der Waals surface area contributed by atoms with Crippen molar-refractivity contribution in [3.63, 3.8) is 0 Å². The summed E-state index contributed by atoms with van der Waals surface area (Å²) >= 11 is 0. The van der Waals surface area contributed by atoms with Gasteiger partial charge in [-0.25, -0.2) is 0 Å². The van der Waals surface area contributed by atoms with Crippen molar-refractivity contribution >= 4 is 11.8 Å². The minimum Gasteiger partial charge on any atom is -0.483 e. The van der Waals surface area contributed by atoms with Gasteiger partial charge in [0.1, 0.15) is 5.75 Å². The average Bonchev–Trinajstić information content (AvgIpc) is 2.49. The van der Waals surface area contributed by atoms with Crippen LogP contribution in [0.1, 0.15) is 17.3 Å². The molecule has 6 nitrogen and oxygen atoms in total. The number of hydrogen-bond donors (Lipinski definition) is 2. The van der Waals surface area contributed by atoms with Crippen molar-refractivity contribution in [2.75, 3.05) is 34.3 Å². The molecule has 2 N–H and O–H groups in total. The molecule has 1 rings (SSSR count). The lowest BCUT2D eigenvalue weighted by atomic mass is 10.2. The predicted molar refractivity (Wildman–Crippen MR) is 81.5 cm³/mol. The zero-order valence-corrected chi connectivity index (χ0v) is 13.0. The van der Waals surface area contributed by atoms with Crippen molar-refractivity contribution in [3.8, 4) is 5.75 Å². The molecule has 21 heavy (non-hydrogen) atoms.